The zero-order valence-electron chi connectivity index (χ0n) is 11.3. The summed E-state index contributed by atoms with van der Waals surface area (Å²) in [4.78, 5) is 8.45. The van der Waals surface area contributed by atoms with Crippen molar-refractivity contribution in [3.63, 3.8) is 0 Å². The normalized spacial score (nSPS) is 12.5. The Balaban J connectivity index is 2.08. The van der Waals surface area contributed by atoms with Crippen LogP contribution >= 0.6 is 0 Å². The summed E-state index contributed by atoms with van der Waals surface area (Å²) < 4.78 is 26.8. The lowest BCUT2D eigenvalue weighted by molar-refractivity contribution is 0.572. The zero-order valence-corrected chi connectivity index (χ0v) is 11.3. The maximum Gasteiger partial charge on any atom is 0.126 e. The third-order valence-corrected chi connectivity index (χ3v) is 3.33. The van der Waals surface area contributed by atoms with Gasteiger partial charge in [-0.25, -0.2) is 8.78 Å². The zero-order chi connectivity index (χ0) is 14.8. The Labute approximate surface area is 120 Å². The molecule has 1 aromatic heterocycles. The summed E-state index contributed by atoms with van der Waals surface area (Å²) in [6, 6.07) is 8.78. The van der Waals surface area contributed by atoms with Crippen LogP contribution < -0.4 is 5.32 Å². The summed E-state index contributed by atoms with van der Waals surface area (Å²) in [5.74, 6) is -1.18. The van der Waals surface area contributed by atoms with Gasteiger partial charge in [0.1, 0.15) is 11.6 Å². The number of halogens is 2. The molecule has 0 bridgehead atoms. The first-order chi connectivity index (χ1) is 10.2. The van der Waals surface area contributed by atoms with Crippen LogP contribution in [0, 0.1) is 11.6 Å². The Morgan fingerprint density at radius 2 is 1.52 bits per heavy atom. The molecule has 1 unspecified atom stereocenters. The van der Waals surface area contributed by atoms with Gasteiger partial charge in [0.25, 0.3) is 0 Å². The van der Waals surface area contributed by atoms with Crippen LogP contribution in [0.4, 0.5) is 8.78 Å². The maximum absolute atomic E-state index is 13.4. The first-order valence-electron chi connectivity index (χ1n) is 6.51. The quantitative estimate of drug-likeness (QED) is 0.803. The highest BCUT2D eigenvalue weighted by molar-refractivity contribution is 5.74. The van der Waals surface area contributed by atoms with Crippen molar-refractivity contribution in [3.05, 3.63) is 71.6 Å². The van der Waals surface area contributed by atoms with Crippen LogP contribution in [-0.2, 0) is 0 Å². The molecular formula is C16H13F2N3. The van der Waals surface area contributed by atoms with E-state index in [4.69, 9.17) is 0 Å². The fraction of sp³-hybridized carbons (Fsp3) is 0.125. The minimum atomic E-state index is -0.592. The van der Waals surface area contributed by atoms with Crippen LogP contribution in [0.2, 0.25) is 0 Å². The van der Waals surface area contributed by atoms with Gasteiger partial charge < -0.3 is 5.32 Å². The summed E-state index contributed by atoms with van der Waals surface area (Å²) in [6.07, 6.45) is 3.24. The molecular weight excluding hydrogens is 272 g/mol. The molecule has 3 nitrogen and oxygen atoms in total. The van der Waals surface area contributed by atoms with Crippen LogP contribution in [0.25, 0.3) is 11.0 Å². The Kier molecular flexibility index (Phi) is 3.58. The minimum absolute atomic E-state index is 0.318. The van der Waals surface area contributed by atoms with Crippen LogP contribution in [0.15, 0.2) is 48.8 Å². The van der Waals surface area contributed by atoms with E-state index < -0.39 is 11.6 Å². The predicted molar refractivity (Wildman–Crippen MR) is 76.8 cm³/mol. The van der Waals surface area contributed by atoms with E-state index in [0.717, 1.165) is 22.7 Å². The third kappa shape index (κ3) is 2.73. The number of aromatic nitrogens is 2. The molecule has 106 valence electrons. The number of benzene rings is 2. The van der Waals surface area contributed by atoms with Gasteiger partial charge in [-0.05, 0) is 42.4 Å². The number of rotatable bonds is 3. The molecule has 1 heterocycles. The van der Waals surface area contributed by atoms with E-state index in [-0.39, 0.29) is 6.04 Å². The van der Waals surface area contributed by atoms with Crippen molar-refractivity contribution in [2.45, 2.75) is 6.04 Å². The van der Waals surface area contributed by atoms with Gasteiger partial charge >= 0.3 is 0 Å². The van der Waals surface area contributed by atoms with Gasteiger partial charge in [0.2, 0.25) is 0 Å². The Morgan fingerprint density at radius 1 is 0.857 bits per heavy atom. The molecule has 0 saturated carbocycles. The average Bonchev–Trinajstić information content (AvgIpc) is 2.47. The molecule has 3 aromatic rings. The molecule has 0 aliphatic carbocycles. The molecule has 2 aromatic carbocycles. The smallest absolute Gasteiger partial charge is 0.126 e. The van der Waals surface area contributed by atoms with Crippen molar-refractivity contribution in [1.82, 2.24) is 15.3 Å². The lowest BCUT2D eigenvalue weighted by atomic mass is 9.98. The van der Waals surface area contributed by atoms with Crippen molar-refractivity contribution >= 4 is 11.0 Å². The number of hydrogen-bond donors (Lipinski definition) is 1. The van der Waals surface area contributed by atoms with E-state index in [1.54, 1.807) is 19.4 Å². The van der Waals surface area contributed by atoms with Crippen LogP contribution in [-0.4, -0.2) is 17.0 Å². The van der Waals surface area contributed by atoms with Crippen LogP contribution in [0.5, 0.6) is 0 Å². The Hall–Kier alpha value is -2.40. The summed E-state index contributed by atoms with van der Waals surface area (Å²) in [5, 5.41) is 3.07. The van der Waals surface area contributed by atoms with Crippen LogP contribution in [0.3, 0.4) is 0 Å². The fourth-order valence-electron chi connectivity index (χ4n) is 2.43. The molecule has 0 radical (unpaired) electrons. The van der Waals surface area contributed by atoms with Gasteiger partial charge in [-0.2, -0.15) is 0 Å². The molecule has 0 spiro atoms. The SMILES string of the molecule is CNC(c1cc(F)cc(F)c1)c1ccc2nccnc2c1. The first kappa shape index (κ1) is 13.6. The van der Waals surface area contributed by atoms with E-state index in [0.29, 0.717) is 5.56 Å². The van der Waals surface area contributed by atoms with E-state index >= 15 is 0 Å². The topological polar surface area (TPSA) is 37.8 Å². The van der Waals surface area contributed by atoms with Crippen molar-refractivity contribution in [2.24, 2.45) is 0 Å². The first-order valence-corrected chi connectivity index (χ1v) is 6.51. The molecule has 3 rings (SSSR count). The number of nitrogens with one attached hydrogen (secondary N) is 1. The second-order valence-electron chi connectivity index (χ2n) is 4.73. The highest BCUT2D eigenvalue weighted by Crippen LogP contribution is 2.25. The maximum atomic E-state index is 13.4. The third-order valence-electron chi connectivity index (χ3n) is 3.33. The Bertz CT molecular complexity index is 769. The van der Waals surface area contributed by atoms with E-state index in [1.807, 2.05) is 18.2 Å². The molecule has 0 amide bonds. The molecule has 0 aliphatic heterocycles. The summed E-state index contributed by atoms with van der Waals surface area (Å²) >= 11 is 0. The second-order valence-corrected chi connectivity index (χ2v) is 4.73. The largest absolute Gasteiger partial charge is 0.309 e. The lowest BCUT2D eigenvalue weighted by Crippen LogP contribution is -2.18. The predicted octanol–water partition coefficient (Wildman–Crippen LogP) is 3.22. The van der Waals surface area contributed by atoms with Crippen molar-refractivity contribution in [2.75, 3.05) is 7.05 Å². The fourth-order valence-corrected chi connectivity index (χ4v) is 2.43. The number of hydrogen-bond acceptors (Lipinski definition) is 3. The second kappa shape index (κ2) is 5.54. The van der Waals surface area contributed by atoms with Gasteiger partial charge in [0.05, 0.1) is 17.1 Å². The van der Waals surface area contributed by atoms with Gasteiger partial charge in [-0.15, -0.1) is 0 Å². The average molecular weight is 285 g/mol. The number of fused-ring (bicyclic) bond motifs is 1. The standard InChI is InChI=1S/C16H13F2N3/c1-19-16(11-6-12(17)9-13(18)7-11)10-2-3-14-15(8-10)21-5-4-20-14/h2-9,16,19H,1H3. The van der Waals surface area contributed by atoms with Crippen molar-refractivity contribution in [3.8, 4) is 0 Å². The number of nitrogens with zero attached hydrogens (tertiary/aromatic N) is 2. The van der Waals surface area contributed by atoms with Crippen molar-refractivity contribution < 1.29 is 8.78 Å². The van der Waals surface area contributed by atoms with E-state index in [2.05, 4.69) is 15.3 Å². The molecule has 5 heteroatoms. The summed E-state index contributed by atoms with van der Waals surface area (Å²) in [7, 11) is 1.74. The molecule has 0 aliphatic rings. The summed E-state index contributed by atoms with van der Waals surface area (Å²) in [5.41, 5.74) is 2.92. The molecule has 0 fully saturated rings. The van der Waals surface area contributed by atoms with Gasteiger partial charge in [-0.1, -0.05) is 6.07 Å². The van der Waals surface area contributed by atoms with Crippen molar-refractivity contribution in [1.29, 1.82) is 0 Å². The van der Waals surface area contributed by atoms with E-state index in [9.17, 15) is 8.78 Å². The summed E-state index contributed by atoms with van der Waals surface area (Å²) in [6.45, 7) is 0. The van der Waals surface area contributed by atoms with Gasteiger partial charge in [0.15, 0.2) is 0 Å². The molecule has 0 saturated heterocycles. The van der Waals surface area contributed by atoms with Gasteiger partial charge in [0, 0.05) is 18.5 Å². The highest BCUT2D eigenvalue weighted by atomic mass is 19.1. The van der Waals surface area contributed by atoms with Crippen LogP contribution in [0.1, 0.15) is 17.2 Å². The highest BCUT2D eigenvalue weighted by Gasteiger charge is 2.15. The molecule has 1 N–H and O–H groups in total. The van der Waals surface area contributed by atoms with Gasteiger partial charge in [-0.3, -0.25) is 9.97 Å². The van der Waals surface area contributed by atoms with E-state index in [1.165, 1.54) is 12.1 Å². The molecule has 1 atom stereocenters. The lowest BCUT2D eigenvalue weighted by Gasteiger charge is -2.17. The monoisotopic (exact) mass is 285 g/mol. The Morgan fingerprint density at radius 3 is 2.19 bits per heavy atom. The molecule has 21 heavy (non-hydrogen) atoms. The minimum Gasteiger partial charge on any atom is -0.309 e.